The summed E-state index contributed by atoms with van der Waals surface area (Å²) in [5.74, 6) is -2.67. The van der Waals surface area contributed by atoms with Gasteiger partial charge in [0.15, 0.2) is 0 Å². The molecule has 1 aliphatic carbocycles. The Balaban J connectivity index is 2.61. The summed E-state index contributed by atoms with van der Waals surface area (Å²) < 4.78 is 0. The number of hydrogen-bond acceptors (Lipinski definition) is 3. The van der Waals surface area contributed by atoms with Gasteiger partial charge in [-0.25, -0.2) is 0 Å². The predicted octanol–water partition coefficient (Wildman–Crippen LogP) is -0.323. The smallest absolute Gasteiger partial charge is 0.307 e. The van der Waals surface area contributed by atoms with Crippen LogP contribution >= 0.6 is 0 Å². The number of primary amides is 1. The van der Waals surface area contributed by atoms with Crippen LogP contribution in [0.2, 0.25) is 0 Å². The van der Waals surface area contributed by atoms with E-state index in [1.165, 1.54) is 4.90 Å². The van der Waals surface area contributed by atoms with Crippen molar-refractivity contribution < 1.29 is 19.5 Å². The van der Waals surface area contributed by atoms with E-state index in [1.54, 1.807) is 0 Å². The Hall–Kier alpha value is -1.59. The summed E-state index contributed by atoms with van der Waals surface area (Å²) in [6.07, 6.45) is 0.363. The number of carbonyl (C=O) groups is 3. The zero-order chi connectivity index (χ0) is 13.2. The van der Waals surface area contributed by atoms with Crippen LogP contribution in [0, 0.1) is 17.8 Å². The van der Waals surface area contributed by atoms with E-state index in [-0.39, 0.29) is 18.4 Å². The summed E-state index contributed by atoms with van der Waals surface area (Å²) in [6.45, 7) is 4.12. The van der Waals surface area contributed by atoms with Crippen molar-refractivity contribution in [2.75, 3.05) is 13.1 Å². The van der Waals surface area contributed by atoms with Crippen molar-refractivity contribution >= 4 is 17.8 Å². The second-order valence-electron chi connectivity index (χ2n) is 4.87. The molecule has 2 atom stereocenters. The van der Waals surface area contributed by atoms with Crippen LogP contribution in [0.25, 0.3) is 0 Å². The third-order valence-electron chi connectivity index (χ3n) is 2.67. The Kier molecular flexibility index (Phi) is 4.09. The molecule has 0 aliphatic heterocycles. The fraction of sp³-hybridized carbons (Fsp3) is 0.727. The Labute approximate surface area is 99.8 Å². The fourth-order valence-corrected chi connectivity index (χ4v) is 1.84. The highest BCUT2D eigenvalue weighted by atomic mass is 16.4. The lowest BCUT2D eigenvalue weighted by atomic mass is 10.2. The van der Waals surface area contributed by atoms with Gasteiger partial charge in [-0.15, -0.1) is 0 Å². The van der Waals surface area contributed by atoms with Gasteiger partial charge in [0.2, 0.25) is 11.8 Å². The number of carbonyl (C=O) groups excluding carboxylic acids is 2. The van der Waals surface area contributed by atoms with E-state index in [1.807, 2.05) is 13.8 Å². The molecule has 2 unspecified atom stereocenters. The molecule has 17 heavy (non-hydrogen) atoms. The molecule has 0 bridgehead atoms. The maximum atomic E-state index is 11.9. The maximum absolute atomic E-state index is 11.9. The summed E-state index contributed by atoms with van der Waals surface area (Å²) >= 11 is 0. The van der Waals surface area contributed by atoms with E-state index in [2.05, 4.69) is 0 Å². The molecule has 96 valence electrons. The Bertz CT molecular complexity index is 340. The molecule has 0 aromatic carbocycles. The van der Waals surface area contributed by atoms with Crippen LogP contribution in [0.1, 0.15) is 20.3 Å². The average molecular weight is 242 g/mol. The summed E-state index contributed by atoms with van der Waals surface area (Å²) in [6, 6.07) is 0. The highest BCUT2D eigenvalue weighted by molar-refractivity contribution is 5.91. The summed E-state index contributed by atoms with van der Waals surface area (Å²) in [5.41, 5.74) is 5.07. The molecule has 6 heteroatoms. The first-order chi connectivity index (χ1) is 7.82. The molecule has 1 rings (SSSR count). The van der Waals surface area contributed by atoms with Crippen LogP contribution < -0.4 is 5.73 Å². The highest BCUT2D eigenvalue weighted by Crippen LogP contribution is 2.40. The Morgan fingerprint density at radius 2 is 1.94 bits per heavy atom. The van der Waals surface area contributed by atoms with Gasteiger partial charge in [0.05, 0.1) is 18.4 Å². The monoisotopic (exact) mass is 242 g/mol. The van der Waals surface area contributed by atoms with Gasteiger partial charge >= 0.3 is 5.97 Å². The molecular formula is C11H18N2O4. The van der Waals surface area contributed by atoms with Crippen LogP contribution in [0.5, 0.6) is 0 Å². The first-order valence-electron chi connectivity index (χ1n) is 5.62. The van der Waals surface area contributed by atoms with Crippen molar-refractivity contribution in [2.24, 2.45) is 23.5 Å². The topological polar surface area (TPSA) is 101 Å². The number of amides is 2. The molecule has 0 aromatic heterocycles. The molecular weight excluding hydrogens is 224 g/mol. The SMILES string of the molecule is CC(C)CN(CC(N)=O)C(=O)C1CC1C(=O)O. The van der Waals surface area contributed by atoms with Crippen molar-refractivity contribution in [1.29, 1.82) is 0 Å². The number of carboxylic acid groups (broad SMARTS) is 1. The summed E-state index contributed by atoms with van der Waals surface area (Å²) in [4.78, 5) is 34.9. The molecule has 0 saturated heterocycles. The zero-order valence-electron chi connectivity index (χ0n) is 10.0. The van der Waals surface area contributed by atoms with E-state index < -0.39 is 23.7 Å². The minimum absolute atomic E-state index is 0.139. The summed E-state index contributed by atoms with van der Waals surface area (Å²) in [5, 5.41) is 8.76. The van der Waals surface area contributed by atoms with Crippen molar-refractivity contribution in [3.05, 3.63) is 0 Å². The first kappa shape index (κ1) is 13.5. The van der Waals surface area contributed by atoms with Gasteiger partial charge in [0.25, 0.3) is 0 Å². The van der Waals surface area contributed by atoms with Gasteiger partial charge in [-0.2, -0.15) is 0 Å². The Morgan fingerprint density at radius 3 is 2.29 bits per heavy atom. The third kappa shape index (κ3) is 3.72. The van der Waals surface area contributed by atoms with Gasteiger partial charge in [-0.3, -0.25) is 14.4 Å². The third-order valence-corrected chi connectivity index (χ3v) is 2.67. The number of rotatable bonds is 6. The molecule has 0 radical (unpaired) electrons. The van der Waals surface area contributed by atoms with Gasteiger partial charge in [-0.1, -0.05) is 13.8 Å². The van der Waals surface area contributed by atoms with Crippen molar-refractivity contribution in [1.82, 2.24) is 4.90 Å². The molecule has 3 N–H and O–H groups in total. The van der Waals surface area contributed by atoms with Crippen LogP contribution in [0.3, 0.4) is 0 Å². The van der Waals surface area contributed by atoms with E-state index >= 15 is 0 Å². The normalized spacial score (nSPS) is 22.3. The van der Waals surface area contributed by atoms with E-state index in [9.17, 15) is 14.4 Å². The second kappa shape index (κ2) is 5.16. The van der Waals surface area contributed by atoms with Crippen molar-refractivity contribution in [3.8, 4) is 0 Å². The molecule has 1 saturated carbocycles. The van der Waals surface area contributed by atoms with Gasteiger partial charge in [-0.05, 0) is 12.3 Å². The molecule has 0 spiro atoms. The quantitative estimate of drug-likeness (QED) is 0.666. The van der Waals surface area contributed by atoms with E-state index in [0.29, 0.717) is 13.0 Å². The zero-order valence-corrected chi connectivity index (χ0v) is 10.0. The molecule has 1 fully saturated rings. The first-order valence-corrected chi connectivity index (χ1v) is 5.62. The molecule has 2 amide bonds. The van der Waals surface area contributed by atoms with Gasteiger partial charge in [0.1, 0.15) is 0 Å². The largest absolute Gasteiger partial charge is 0.481 e. The Morgan fingerprint density at radius 1 is 1.35 bits per heavy atom. The average Bonchev–Trinajstić information content (AvgIpc) is 2.93. The van der Waals surface area contributed by atoms with Crippen molar-refractivity contribution in [3.63, 3.8) is 0 Å². The minimum Gasteiger partial charge on any atom is -0.481 e. The summed E-state index contributed by atoms with van der Waals surface area (Å²) in [7, 11) is 0. The molecule has 1 aliphatic rings. The lowest BCUT2D eigenvalue weighted by molar-refractivity contribution is -0.142. The lowest BCUT2D eigenvalue weighted by Crippen LogP contribution is -2.41. The fourth-order valence-electron chi connectivity index (χ4n) is 1.84. The van der Waals surface area contributed by atoms with Crippen molar-refractivity contribution in [2.45, 2.75) is 20.3 Å². The van der Waals surface area contributed by atoms with Crippen LogP contribution in [-0.4, -0.2) is 40.9 Å². The molecule has 0 aromatic rings. The van der Waals surface area contributed by atoms with E-state index in [4.69, 9.17) is 10.8 Å². The highest BCUT2D eigenvalue weighted by Gasteiger charge is 2.49. The maximum Gasteiger partial charge on any atom is 0.307 e. The number of nitrogens with zero attached hydrogens (tertiary/aromatic N) is 1. The molecule has 6 nitrogen and oxygen atoms in total. The second-order valence-corrected chi connectivity index (χ2v) is 4.87. The van der Waals surface area contributed by atoms with E-state index in [0.717, 1.165) is 0 Å². The minimum atomic E-state index is -0.952. The van der Waals surface area contributed by atoms with Crippen LogP contribution in [-0.2, 0) is 14.4 Å². The standard InChI is InChI=1S/C11H18N2O4/c1-6(2)4-13(5-9(12)14)10(15)7-3-8(7)11(16)17/h6-8H,3-5H2,1-2H3,(H2,12,14)(H,16,17). The lowest BCUT2D eigenvalue weighted by Gasteiger charge is -2.23. The van der Waals surface area contributed by atoms with Gasteiger partial charge in [0, 0.05) is 6.54 Å². The molecule has 0 heterocycles. The van der Waals surface area contributed by atoms with Gasteiger partial charge < -0.3 is 15.7 Å². The number of carboxylic acids is 1. The number of aliphatic carboxylic acids is 1. The number of nitrogens with two attached hydrogens (primary N) is 1. The predicted molar refractivity (Wildman–Crippen MR) is 59.8 cm³/mol. The van der Waals surface area contributed by atoms with Crippen LogP contribution in [0.4, 0.5) is 0 Å². The number of hydrogen-bond donors (Lipinski definition) is 2. The van der Waals surface area contributed by atoms with Crippen LogP contribution in [0.15, 0.2) is 0 Å².